The number of rotatable bonds is 6. The minimum absolute atomic E-state index is 0.122. The quantitative estimate of drug-likeness (QED) is 0.623. The summed E-state index contributed by atoms with van der Waals surface area (Å²) < 4.78 is 4.94. The molecule has 1 unspecified atom stereocenters. The Labute approximate surface area is 107 Å². The van der Waals surface area contributed by atoms with E-state index >= 15 is 0 Å². The Hall–Kier alpha value is -1.84. The Morgan fingerprint density at radius 1 is 1.28 bits per heavy atom. The van der Waals surface area contributed by atoms with Crippen LogP contribution < -0.4 is 5.32 Å². The Morgan fingerprint density at radius 2 is 1.94 bits per heavy atom. The third-order valence-corrected chi connectivity index (χ3v) is 2.52. The van der Waals surface area contributed by atoms with Crippen LogP contribution in [0.5, 0.6) is 0 Å². The molecule has 98 valence electrons. The molecule has 0 aliphatic rings. The minimum atomic E-state index is -0.582. The second-order valence-corrected chi connectivity index (χ2v) is 4.09. The van der Waals surface area contributed by atoms with Gasteiger partial charge in [-0.25, -0.2) is 4.79 Å². The second kappa shape index (κ2) is 7.48. The van der Waals surface area contributed by atoms with E-state index in [0.29, 0.717) is 12.2 Å². The Balaban J connectivity index is 2.43. The molecule has 1 aromatic rings. The second-order valence-electron chi connectivity index (χ2n) is 4.09. The first kappa shape index (κ1) is 14.2. The Bertz CT molecular complexity index is 389. The highest BCUT2D eigenvalue weighted by Crippen LogP contribution is 2.03. The molecule has 1 rings (SSSR count). The number of hydrogen-bond acceptors (Lipinski definition) is 3. The number of ether oxygens (including phenoxy) is 1. The van der Waals surface area contributed by atoms with Crippen molar-refractivity contribution in [2.75, 3.05) is 6.61 Å². The van der Waals surface area contributed by atoms with Gasteiger partial charge >= 0.3 is 6.09 Å². The van der Waals surface area contributed by atoms with Crippen LogP contribution in [-0.4, -0.2) is 24.5 Å². The summed E-state index contributed by atoms with van der Waals surface area (Å²) in [4.78, 5) is 23.3. The van der Waals surface area contributed by atoms with Crippen molar-refractivity contribution in [2.24, 2.45) is 0 Å². The molecule has 0 fully saturated rings. The number of carbonyl (C=O) groups excluding carboxylic acids is 2. The number of Topliss-reactive ketones (excluding diaryl/α,β-unsaturated/α-hetero) is 1. The summed E-state index contributed by atoms with van der Waals surface area (Å²) in [6.07, 6.45) is 1.25. The molecule has 4 nitrogen and oxygen atoms in total. The molecule has 1 N–H and O–H groups in total. The van der Waals surface area contributed by atoms with Crippen LogP contribution in [-0.2, 0) is 4.74 Å². The van der Waals surface area contributed by atoms with Gasteiger partial charge in [0.05, 0.1) is 12.6 Å². The van der Waals surface area contributed by atoms with E-state index in [0.717, 1.165) is 12.8 Å². The molecule has 0 heterocycles. The van der Waals surface area contributed by atoms with Gasteiger partial charge in [-0.2, -0.15) is 0 Å². The molecule has 18 heavy (non-hydrogen) atoms. The summed E-state index contributed by atoms with van der Waals surface area (Å²) in [5, 5.41) is 2.53. The molecule has 0 bridgehead atoms. The highest BCUT2D eigenvalue weighted by molar-refractivity contribution is 6.01. The number of hydrogen-bond donors (Lipinski definition) is 1. The predicted octanol–water partition coefficient (Wildman–Crippen LogP) is 2.78. The number of unbranched alkanes of at least 4 members (excludes halogenated alkanes) is 1. The van der Waals surface area contributed by atoms with Gasteiger partial charge in [-0.15, -0.1) is 0 Å². The predicted molar refractivity (Wildman–Crippen MR) is 69.6 cm³/mol. The lowest BCUT2D eigenvalue weighted by molar-refractivity contribution is 0.0930. The van der Waals surface area contributed by atoms with Gasteiger partial charge in [0.1, 0.15) is 0 Å². The van der Waals surface area contributed by atoms with Crippen molar-refractivity contribution in [1.82, 2.24) is 5.32 Å². The fourth-order valence-corrected chi connectivity index (χ4v) is 1.45. The third kappa shape index (κ3) is 4.57. The van der Waals surface area contributed by atoms with E-state index in [9.17, 15) is 9.59 Å². The topological polar surface area (TPSA) is 55.4 Å². The zero-order valence-electron chi connectivity index (χ0n) is 10.8. The summed E-state index contributed by atoms with van der Waals surface area (Å²) in [7, 11) is 0. The maximum atomic E-state index is 11.9. The molecule has 0 aliphatic heterocycles. The number of ketones is 1. The highest BCUT2D eigenvalue weighted by Gasteiger charge is 2.17. The number of benzene rings is 1. The van der Waals surface area contributed by atoms with Crippen molar-refractivity contribution < 1.29 is 14.3 Å². The molecular formula is C14H19NO3. The fourth-order valence-electron chi connectivity index (χ4n) is 1.45. The molecule has 1 amide bonds. The molecule has 4 heteroatoms. The van der Waals surface area contributed by atoms with Gasteiger partial charge in [-0.3, -0.25) is 4.79 Å². The molecule has 0 spiro atoms. The first-order chi connectivity index (χ1) is 8.65. The number of amides is 1. The molecule has 0 aliphatic carbocycles. The van der Waals surface area contributed by atoms with Crippen molar-refractivity contribution in [3.8, 4) is 0 Å². The normalized spacial score (nSPS) is 11.7. The van der Waals surface area contributed by atoms with Gasteiger partial charge in [0, 0.05) is 5.56 Å². The van der Waals surface area contributed by atoms with Gasteiger partial charge in [0.25, 0.3) is 0 Å². The Morgan fingerprint density at radius 3 is 2.56 bits per heavy atom. The van der Waals surface area contributed by atoms with Crippen LogP contribution in [0.4, 0.5) is 4.79 Å². The maximum absolute atomic E-state index is 11.9. The van der Waals surface area contributed by atoms with E-state index in [1.54, 1.807) is 31.2 Å². The van der Waals surface area contributed by atoms with Crippen LogP contribution in [0.2, 0.25) is 0 Å². The average Bonchev–Trinajstić information content (AvgIpc) is 2.39. The van der Waals surface area contributed by atoms with E-state index < -0.39 is 12.1 Å². The van der Waals surface area contributed by atoms with Gasteiger partial charge in [0.15, 0.2) is 5.78 Å². The van der Waals surface area contributed by atoms with Crippen molar-refractivity contribution in [3.05, 3.63) is 35.9 Å². The van der Waals surface area contributed by atoms with Gasteiger partial charge < -0.3 is 10.1 Å². The van der Waals surface area contributed by atoms with Gasteiger partial charge in [-0.1, -0.05) is 43.7 Å². The van der Waals surface area contributed by atoms with E-state index in [1.165, 1.54) is 0 Å². The molecule has 0 saturated carbocycles. The maximum Gasteiger partial charge on any atom is 0.407 e. The number of carbonyl (C=O) groups is 2. The van der Waals surface area contributed by atoms with Crippen molar-refractivity contribution in [1.29, 1.82) is 0 Å². The monoisotopic (exact) mass is 249 g/mol. The van der Waals surface area contributed by atoms with Crippen LogP contribution in [0.3, 0.4) is 0 Å². The van der Waals surface area contributed by atoms with E-state index in [2.05, 4.69) is 5.32 Å². The fraction of sp³-hybridized carbons (Fsp3) is 0.429. The molecule has 1 aromatic carbocycles. The SMILES string of the molecule is CCCCOC(=O)NC(C)C(=O)c1ccccc1. The lowest BCUT2D eigenvalue weighted by atomic mass is 10.1. The van der Waals surface area contributed by atoms with Crippen LogP contribution >= 0.6 is 0 Å². The lowest BCUT2D eigenvalue weighted by Gasteiger charge is -2.12. The summed E-state index contributed by atoms with van der Waals surface area (Å²) in [6, 6.07) is 8.29. The molecule has 1 atom stereocenters. The van der Waals surface area contributed by atoms with Crippen molar-refractivity contribution in [3.63, 3.8) is 0 Å². The Kier molecular flexibility index (Phi) is 5.91. The average molecular weight is 249 g/mol. The van der Waals surface area contributed by atoms with Gasteiger partial charge in [-0.05, 0) is 13.3 Å². The molecule has 0 radical (unpaired) electrons. The summed E-state index contributed by atoms with van der Waals surface area (Å²) >= 11 is 0. The number of nitrogens with one attached hydrogen (secondary N) is 1. The van der Waals surface area contributed by atoms with Crippen LogP contribution in [0.15, 0.2) is 30.3 Å². The lowest BCUT2D eigenvalue weighted by Crippen LogP contribution is -2.39. The molecule has 0 saturated heterocycles. The zero-order valence-corrected chi connectivity index (χ0v) is 10.8. The third-order valence-electron chi connectivity index (χ3n) is 2.52. The summed E-state index contributed by atoms with van der Waals surface area (Å²) in [5.41, 5.74) is 0.582. The van der Waals surface area contributed by atoms with Crippen molar-refractivity contribution in [2.45, 2.75) is 32.7 Å². The first-order valence-corrected chi connectivity index (χ1v) is 6.17. The van der Waals surface area contributed by atoms with Crippen LogP contribution in [0, 0.1) is 0 Å². The minimum Gasteiger partial charge on any atom is -0.450 e. The van der Waals surface area contributed by atoms with E-state index in [-0.39, 0.29) is 5.78 Å². The van der Waals surface area contributed by atoms with Gasteiger partial charge in [0.2, 0.25) is 0 Å². The van der Waals surface area contributed by atoms with Crippen LogP contribution in [0.1, 0.15) is 37.0 Å². The van der Waals surface area contributed by atoms with E-state index in [1.807, 2.05) is 13.0 Å². The molecular weight excluding hydrogens is 230 g/mol. The summed E-state index contributed by atoms with van der Waals surface area (Å²) in [5.74, 6) is -0.122. The van der Waals surface area contributed by atoms with Crippen LogP contribution in [0.25, 0.3) is 0 Å². The number of alkyl carbamates (subject to hydrolysis) is 1. The zero-order chi connectivity index (χ0) is 13.4. The summed E-state index contributed by atoms with van der Waals surface area (Å²) in [6.45, 7) is 4.05. The molecule has 0 aromatic heterocycles. The smallest absolute Gasteiger partial charge is 0.407 e. The van der Waals surface area contributed by atoms with E-state index in [4.69, 9.17) is 4.74 Å². The first-order valence-electron chi connectivity index (χ1n) is 6.17. The standard InChI is InChI=1S/C14H19NO3/c1-3-4-10-18-14(17)15-11(2)13(16)12-8-6-5-7-9-12/h5-9,11H,3-4,10H2,1-2H3,(H,15,17). The largest absolute Gasteiger partial charge is 0.450 e. The van der Waals surface area contributed by atoms with Crippen molar-refractivity contribution >= 4 is 11.9 Å². The highest BCUT2D eigenvalue weighted by atomic mass is 16.5.